The first-order chi connectivity index (χ1) is 20.1. The highest BCUT2D eigenvalue weighted by Crippen LogP contribution is 2.33. The Morgan fingerprint density at radius 3 is 2.44 bits per heavy atom. The van der Waals surface area contributed by atoms with Crippen LogP contribution in [0.3, 0.4) is 0 Å². The largest absolute Gasteiger partial charge is 0.479 e. The number of carboxylic acid groups (broad SMARTS) is 1. The number of nitrogens with two attached hydrogens (primary N) is 2. The van der Waals surface area contributed by atoms with Crippen LogP contribution in [-0.2, 0) is 30.5 Å². The number of aromatic nitrogens is 2. The fraction of sp³-hybridized carbons (Fsp3) is 0.565. The van der Waals surface area contributed by atoms with Crippen molar-refractivity contribution in [1.29, 1.82) is 0 Å². The molecule has 0 aromatic carbocycles. The molecular weight excluding hydrogens is 584 g/mol. The van der Waals surface area contributed by atoms with Crippen LogP contribution in [0.15, 0.2) is 27.4 Å². The molecule has 43 heavy (non-hydrogen) atoms. The summed E-state index contributed by atoms with van der Waals surface area (Å²) in [5, 5.41) is 63.0. The number of H-pyrrole nitrogens is 1. The number of carbonyl (C=O) groups is 4. The van der Waals surface area contributed by atoms with Crippen LogP contribution >= 0.6 is 0 Å². The zero-order chi connectivity index (χ0) is 32.3. The second kappa shape index (κ2) is 13.4. The number of allylic oxidation sites excluding steroid dienone is 1. The van der Waals surface area contributed by atoms with Gasteiger partial charge in [-0.25, -0.2) is 14.4 Å². The number of carbonyl (C=O) groups excluding carboxylic acids is 3. The van der Waals surface area contributed by atoms with Gasteiger partial charge in [-0.15, -0.1) is 0 Å². The number of likely N-dealkylation sites (tertiary alicyclic amines) is 1. The SMILES string of the molecule is C/C=C1\CN(C(=O)C(NC(=O)[C@H](N)[C@@H](O)[C@H](O)COC(N)=O)[C@H]2O[C@@H](n3cc(CO)c(=O)[nH]c3=O)[C@H](O)[C@@H]2O)[C@@H]1C(=O)O. The number of aliphatic hydroxyl groups is 5. The number of nitrogens with zero attached hydrogens (tertiary/aromatic N) is 2. The minimum Gasteiger partial charge on any atom is -0.479 e. The maximum absolute atomic E-state index is 13.6. The van der Waals surface area contributed by atoms with Gasteiger partial charge in [0.2, 0.25) is 11.8 Å². The van der Waals surface area contributed by atoms with Gasteiger partial charge in [0.1, 0.15) is 49.2 Å². The first-order valence-corrected chi connectivity index (χ1v) is 12.6. The molecule has 12 N–H and O–H groups in total. The summed E-state index contributed by atoms with van der Waals surface area (Å²) >= 11 is 0. The summed E-state index contributed by atoms with van der Waals surface area (Å²) in [7, 11) is 0. The molecule has 0 bridgehead atoms. The second-order valence-electron chi connectivity index (χ2n) is 9.72. The fourth-order valence-corrected chi connectivity index (χ4v) is 4.60. The first-order valence-electron chi connectivity index (χ1n) is 12.6. The summed E-state index contributed by atoms with van der Waals surface area (Å²) in [4.78, 5) is 76.2. The Morgan fingerprint density at radius 2 is 1.88 bits per heavy atom. The maximum atomic E-state index is 13.6. The molecule has 9 atom stereocenters. The van der Waals surface area contributed by atoms with E-state index in [1.807, 2.05) is 4.98 Å². The minimum absolute atomic E-state index is 0.204. The van der Waals surface area contributed by atoms with E-state index in [9.17, 15) is 59.4 Å². The summed E-state index contributed by atoms with van der Waals surface area (Å²) in [5.41, 5.74) is 8.46. The van der Waals surface area contributed by atoms with Crippen LogP contribution in [0.2, 0.25) is 0 Å². The number of hydrogen-bond donors (Lipinski definition) is 10. The van der Waals surface area contributed by atoms with E-state index in [-0.39, 0.29) is 12.1 Å². The number of primary amides is 1. The molecule has 2 aliphatic heterocycles. The Labute approximate surface area is 240 Å². The van der Waals surface area contributed by atoms with Crippen molar-refractivity contribution in [2.75, 3.05) is 13.2 Å². The van der Waals surface area contributed by atoms with Gasteiger partial charge < -0.3 is 61.8 Å². The summed E-state index contributed by atoms with van der Waals surface area (Å²) in [6.45, 7) is -0.350. The Kier molecular flexibility index (Phi) is 10.4. The van der Waals surface area contributed by atoms with Gasteiger partial charge in [-0.3, -0.25) is 23.9 Å². The average molecular weight is 617 g/mol. The van der Waals surface area contributed by atoms with Crippen molar-refractivity contribution in [3.8, 4) is 0 Å². The van der Waals surface area contributed by atoms with Crippen LogP contribution in [0.1, 0.15) is 18.7 Å². The monoisotopic (exact) mass is 616 g/mol. The van der Waals surface area contributed by atoms with Crippen molar-refractivity contribution in [2.45, 2.75) is 68.4 Å². The molecule has 2 aliphatic rings. The number of rotatable bonds is 11. The number of aliphatic carboxylic acids is 1. The van der Waals surface area contributed by atoms with Crippen LogP contribution in [0.4, 0.5) is 4.79 Å². The molecule has 0 saturated carbocycles. The lowest BCUT2D eigenvalue weighted by molar-refractivity contribution is -0.157. The normalized spacial score (nSPS) is 27.1. The molecule has 1 unspecified atom stereocenters. The van der Waals surface area contributed by atoms with Crippen molar-refractivity contribution in [3.63, 3.8) is 0 Å². The third-order valence-corrected chi connectivity index (χ3v) is 7.02. The van der Waals surface area contributed by atoms with E-state index in [0.717, 1.165) is 11.1 Å². The van der Waals surface area contributed by atoms with Gasteiger partial charge in [0.15, 0.2) is 12.3 Å². The molecule has 3 rings (SSSR count). The van der Waals surface area contributed by atoms with Crippen molar-refractivity contribution in [1.82, 2.24) is 19.8 Å². The number of ether oxygens (including phenoxy) is 2. The quantitative estimate of drug-likeness (QED) is 0.103. The van der Waals surface area contributed by atoms with E-state index >= 15 is 0 Å². The van der Waals surface area contributed by atoms with Crippen LogP contribution < -0.4 is 28.0 Å². The number of aliphatic hydroxyl groups excluding tert-OH is 5. The van der Waals surface area contributed by atoms with Crippen molar-refractivity contribution in [3.05, 3.63) is 44.2 Å². The Hall–Kier alpha value is -4.18. The predicted molar refractivity (Wildman–Crippen MR) is 138 cm³/mol. The summed E-state index contributed by atoms with van der Waals surface area (Å²) in [6, 6.07) is -5.47. The van der Waals surface area contributed by atoms with Gasteiger partial charge in [-0.1, -0.05) is 6.08 Å². The van der Waals surface area contributed by atoms with Crippen LogP contribution in [0.5, 0.6) is 0 Å². The molecule has 2 fully saturated rings. The molecule has 3 amide bonds. The van der Waals surface area contributed by atoms with Gasteiger partial charge in [0, 0.05) is 12.7 Å². The highest BCUT2D eigenvalue weighted by molar-refractivity contribution is 5.95. The standard InChI is InChI=1S/C23H32N6O14/c1-2-7-3-28(12(7)21(38)39)19(37)11(26-18(36)10(24)13(32)9(31)6-42-22(25)40)16-14(33)15(34)20(43-16)29-4-8(5-30)17(35)27-23(29)41/h2,4,9-16,20,30-34H,3,5-6,24H2,1H3,(H2,25,40)(H,26,36)(H,38,39)(H,27,35,41)/b7-2+/t9-,10-,11?,12+,13+,14+,15-,16-,20-/m1/s1. The van der Waals surface area contributed by atoms with Crippen molar-refractivity contribution in [2.24, 2.45) is 11.5 Å². The lowest BCUT2D eigenvalue weighted by atomic mass is 9.92. The Morgan fingerprint density at radius 1 is 1.23 bits per heavy atom. The highest BCUT2D eigenvalue weighted by atomic mass is 16.6. The number of amides is 3. The van der Waals surface area contributed by atoms with Gasteiger partial charge in [-0.2, -0.15) is 0 Å². The zero-order valence-electron chi connectivity index (χ0n) is 22.5. The number of aromatic amines is 1. The van der Waals surface area contributed by atoms with E-state index in [4.69, 9.17) is 16.2 Å². The van der Waals surface area contributed by atoms with Gasteiger partial charge in [-0.05, 0) is 12.5 Å². The number of carboxylic acids is 1. The molecule has 1 aromatic heterocycles. The average Bonchev–Trinajstić information content (AvgIpc) is 3.22. The van der Waals surface area contributed by atoms with E-state index in [2.05, 4.69) is 10.1 Å². The number of hydrogen-bond acceptors (Lipinski definition) is 14. The third-order valence-electron chi connectivity index (χ3n) is 7.02. The summed E-state index contributed by atoms with van der Waals surface area (Å²) < 4.78 is 10.6. The molecule has 0 radical (unpaired) electrons. The Bertz CT molecular complexity index is 1390. The van der Waals surface area contributed by atoms with Crippen molar-refractivity contribution >= 4 is 23.9 Å². The van der Waals surface area contributed by atoms with Crippen LogP contribution in [0.25, 0.3) is 0 Å². The van der Waals surface area contributed by atoms with Crippen molar-refractivity contribution < 1.29 is 59.3 Å². The molecule has 0 aliphatic carbocycles. The summed E-state index contributed by atoms with van der Waals surface area (Å²) in [6.07, 6.45) is -10.7. The van der Waals surface area contributed by atoms with Gasteiger partial charge >= 0.3 is 17.8 Å². The maximum Gasteiger partial charge on any atom is 0.404 e. The van der Waals surface area contributed by atoms with E-state index in [1.165, 1.54) is 13.0 Å². The highest BCUT2D eigenvalue weighted by Gasteiger charge is 2.54. The molecule has 20 heteroatoms. The van der Waals surface area contributed by atoms with E-state index in [1.54, 1.807) is 0 Å². The van der Waals surface area contributed by atoms with Gasteiger partial charge in [0.05, 0.1) is 12.2 Å². The minimum atomic E-state index is -2.09. The molecule has 20 nitrogen and oxygen atoms in total. The molecule has 2 saturated heterocycles. The molecular formula is C23H32N6O14. The molecule has 1 aromatic rings. The zero-order valence-corrected chi connectivity index (χ0v) is 22.5. The van der Waals surface area contributed by atoms with Crippen LogP contribution in [-0.4, -0.2) is 131 Å². The summed E-state index contributed by atoms with van der Waals surface area (Å²) in [5.74, 6) is -3.89. The smallest absolute Gasteiger partial charge is 0.404 e. The van der Waals surface area contributed by atoms with E-state index < -0.39 is 103 Å². The second-order valence-corrected chi connectivity index (χ2v) is 9.72. The van der Waals surface area contributed by atoms with E-state index in [0.29, 0.717) is 10.1 Å². The molecule has 0 spiro atoms. The molecule has 238 valence electrons. The fourth-order valence-electron chi connectivity index (χ4n) is 4.60. The topological polar surface area (TPSA) is 330 Å². The molecule has 3 heterocycles. The predicted octanol–water partition coefficient (Wildman–Crippen LogP) is -6.48. The lowest BCUT2D eigenvalue weighted by Gasteiger charge is -2.43. The van der Waals surface area contributed by atoms with Crippen LogP contribution in [0, 0.1) is 0 Å². The van der Waals surface area contributed by atoms with Gasteiger partial charge in [0.25, 0.3) is 5.56 Å². The third kappa shape index (κ3) is 6.74. The number of nitrogens with one attached hydrogen (secondary N) is 2. The first kappa shape index (κ1) is 33.3. The lowest BCUT2D eigenvalue weighted by Crippen LogP contribution is -2.67. The Balaban J connectivity index is 1.95.